The van der Waals surface area contributed by atoms with Gasteiger partial charge in [0.05, 0.1) is 4.90 Å². The molecule has 2 aromatic carbocycles. The summed E-state index contributed by atoms with van der Waals surface area (Å²) in [6.45, 7) is 2.38. The summed E-state index contributed by atoms with van der Waals surface area (Å²) in [6.07, 6.45) is 6.39. The highest BCUT2D eigenvalue weighted by molar-refractivity contribution is 7.89. The Bertz CT molecular complexity index is 1220. The lowest BCUT2D eigenvalue weighted by Gasteiger charge is -2.08. The summed E-state index contributed by atoms with van der Waals surface area (Å²) in [5, 5.41) is 4.05. The third-order valence-electron chi connectivity index (χ3n) is 4.67. The highest BCUT2D eigenvalue weighted by atomic mass is 32.2. The Morgan fingerprint density at radius 1 is 0.966 bits per heavy atom. The van der Waals surface area contributed by atoms with Crippen LogP contribution in [0.2, 0.25) is 0 Å². The number of hydrogen-bond donors (Lipinski definition) is 1. The molecule has 2 aromatic heterocycles. The molecule has 148 valence electrons. The number of hydrogen-bond acceptors (Lipinski definition) is 5. The standard InChI is InChI=1S/C21H21N5O2S/c1-16-4-6-18(7-5-16)19-8-10-20(11-9-19)29(27,28)25-12-2-3-17-13-22-21-23-15-24-26(21)14-17/h4-11,13-15,25H,2-3,12H2,1H3. The maximum Gasteiger partial charge on any atom is 0.252 e. The zero-order valence-corrected chi connectivity index (χ0v) is 16.8. The molecule has 0 unspecified atom stereocenters. The average molecular weight is 407 g/mol. The SMILES string of the molecule is Cc1ccc(-c2ccc(S(=O)(=O)NCCCc3cnc4ncnn4c3)cc2)cc1. The van der Waals surface area contributed by atoms with E-state index in [0.717, 1.165) is 16.7 Å². The van der Waals surface area contributed by atoms with E-state index in [4.69, 9.17) is 0 Å². The lowest BCUT2D eigenvalue weighted by atomic mass is 10.0. The van der Waals surface area contributed by atoms with Crippen molar-refractivity contribution in [1.29, 1.82) is 0 Å². The molecule has 2 heterocycles. The predicted molar refractivity (Wildman–Crippen MR) is 111 cm³/mol. The molecule has 0 aliphatic rings. The minimum Gasteiger partial charge on any atom is -0.219 e. The molecule has 4 rings (SSSR count). The van der Waals surface area contributed by atoms with E-state index in [0.29, 0.717) is 25.2 Å². The summed E-state index contributed by atoms with van der Waals surface area (Å²) in [4.78, 5) is 8.47. The van der Waals surface area contributed by atoms with Crippen molar-refractivity contribution in [3.63, 3.8) is 0 Å². The molecule has 8 heteroatoms. The Labute approximate surface area is 169 Å². The van der Waals surface area contributed by atoms with Crippen LogP contribution in [0.4, 0.5) is 0 Å². The first-order valence-electron chi connectivity index (χ1n) is 9.32. The summed E-state index contributed by atoms with van der Waals surface area (Å²) >= 11 is 0. The number of sulfonamides is 1. The highest BCUT2D eigenvalue weighted by Crippen LogP contribution is 2.21. The van der Waals surface area contributed by atoms with Gasteiger partial charge in [-0.1, -0.05) is 42.0 Å². The molecule has 0 bridgehead atoms. The number of aryl methyl sites for hydroxylation is 2. The smallest absolute Gasteiger partial charge is 0.219 e. The molecule has 0 aliphatic heterocycles. The van der Waals surface area contributed by atoms with Crippen molar-refractivity contribution < 1.29 is 8.42 Å². The lowest BCUT2D eigenvalue weighted by Crippen LogP contribution is -2.25. The van der Waals surface area contributed by atoms with Crippen molar-refractivity contribution in [1.82, 2.24) is 24.3 Å². The Balaban J connectivity index is 1.35. The van der Waals surface area contributed by atoms with Crippen LogP contribution < -0.4 is 4.72 Å². The fraction of sp³-hybridized carbons (Fsp3) is 0.190. The number of rotatable bonds is 7. The fourth-order valence-electron chi connectivity index (χ4n) is 3.04. The van der Waals surface area contributed by atoms with Gasteiger partial charge in [-0.15, -0.1) is 0 Å². The maximum atomic E-state index is 12.5. The Morgan fingerprint density at radius 3 is 2.38 bits per heavy atom. The van der Waals surface area contributed by atoms with Crippen molar-refractivity contribution in [2.75, 3.05) is 6.54 Å². The molecular weight excluding hydrogens is 386 g/mol. The maximum absolute atomic E-state index is 12.5. The van der Waals surface area contributed by atoms with Crippen molar-refractivity contribution in [2.45, 2.75) is 24.7 Å². The van der Waals surface area contributed by atoms with Crippen LogP contribution in [-0.4, -0.2) is 34.5 Å². The molecule has 1 N–H and O–H groups in total. The minimum absolute atomic E-state index is 0.263. The second-order valence-electron chi connectivity index (χ2n) is 6.86. The van der Waals surface area contributed by atoms with Gasteiger partial charge in [0.25, 0.3) is 5.78 Å². The quantitative estimate of drug-likeness (QED) is 0.476. The van der Waals surface area contributed by atoms with E-state index in [-0.39, 0.29) is 4.90 Å². The molecule has 7 nitrogen and oxygen atoms in total. The van der Waals surface area contributed by atoms with Gasteiger partial charge in [-0.25, -0.2) is 22.6 Å². The highest BCUT2D eigenvalue weighted by Gasteiger charge is 2.13. The number of aromatic nitrogens is 4. The van der Waals surface area contributed by atoms with Crippen LogP contribution in [0.15, 0.2) is 72.1 Å². The van der Waals surface area contributed by atoms with Gasteiger partial charge in [0, 0.05) is 18.9 Å². The summed E-state index contributed by atoms with van der Waals surface area (Å²) < 4.78 is 29.3. The van der Waals surface area contributed by atoms with Gasteiger partial charge in [-0.05, 0) is 48.6 Å². The van der Waals surface area contributed by atoms with Crippen molar-refractivity contribution >= 4 is 15.8 Å². The van der Waals surface area contributed by atoms with Crippen LogP contribution in [0.25, 0.3) is 16.9 Å². The third kappa shape index (κ3) is 4.49. The van der Waals surface area contributed by atoms with E-state index in [1.54, 1.807) is 22.8 Å². The molecule has 0 spiro atoms. The number of nitrogens with one attached hydrogen (secondary N) is 1. The van der Waals surface area contributed by atoms with Gasteiger partial charge in [-0.2, -0.15) is 10.1 Å². The second-order valence-corrected chi connectivity index (χ2v) is 8.63. The molecule has 29 heavy (non-hydrogen) atoms. The van der Waals surface area contributed by atoms with Crippen LogP contribution in [0.1, 0.15) is 17.5 Å². The fourth-order valence-corrected chi connectivity index (χ4v) is 4.12. The van der Waals surface area contributed by atoms with E-state index in [9.17, 15) is 8.42 Å². The van der Waals surface area contributed by atoms with Gasteiger partial charge in [0.15, 0.2) is 0 Å². The first-order valence-corrected chi connectivity index (χ1v) is 10.8. The molecular formula is C21H21N5O2S. The summed E-state index contributed by atoms with van der Waals surface area (Å²) in [6, 6.07) is 15.1. The van der Waals surface area contributed by atoms with E-state index >= 15 is 0 Å². The minimum atomic E-state index is -3.54. The molecule has 0 amide bonds. The lowest BCUT2D eigenvalue weighted by molar-refractivity contribution is 0.579. The number of nitrogens with zero attached hydrogens (tertiary/aromatic N) is 4. The van der Waals surface area contributed by atoms with Crippen molar-refractivity contribution in [3.8, 4) is 11.1 Å². The molecule has 0 saturated carbocycles. The topological polar surface area (TPSA) is 89.2 Å². The average Bonchev–Trinajstić information content (AvgIpc) is 3.20. The van der Waals surface area contributed by atoms with Gasteiger partial charge in [0.2, 0.25) is 10.0 Å². The molecule has 0 radical (unpaired) electrons. The van der Waals surface area contributed by atoms with Crippen LogP contribution in [0.5, 0.6) is 0 Å². The summed E-state index contributed by atoms with van der Waals surface area (Å²) in [5.74, 6) is 0.545. The van der Waals surface area contributed by atoms with Gasteiger partial charge in [0.1, 0.15) is 6.33 Å². The largest absolute Gasteiger partial charge is 0.252 e. The molecule has 0 aliphatic carbocycles. The summed E-state index contributed by atoms with van der Waals surface area (Å²) in [7, 11) is -3.54. The molecule has 0 atom stereocenters. The van der Waals surface area contributed by atoms with Crippen LogP contribution in [-0.2, 0) is 16.4 Å². The Kier molecular flexibility index (Phi) is 5.37. The van der Waals surface area contributed by atoms with Crippen LogP contribution in [0.3, 0.4) is 0 Å². The van der Waals surface area contributed by atoms with Crippen LogP contribution >= 0.6 is 0 Å². The van der Waals surface area contributed by atoms with Gasteiger partial charge < -0.3 is 0 Å². The Morgan fingerprint density at radius 2 is 1.66 bits per heavy atom. The van der Waals surface area contributed by atoms with Crippen molar-refractivity contribution in [2.24, 2.45) is 0 Å². The predicted octanol–water partition coefficient (Wildman–Crippen LogP) is 3.01. The zero-order valence-electron chi connectivity index (χ0n) is 16.0. The monoisotopic (exact) mass is 407 g/mol. The summed E-state index contributed by atoms with van der Waals surface area (Å²) in [5.41, 5.74) is 4.21. The third-order valence-corrected chi connectivity index (χ3v) is 6.15. The Hall–Kier alpha value is -3.10. The van der Waals surface area contributed by atoms with Gasteiger partial charge in [-0.3, -0.25) is 0 Å². The van der Waals surface area contributed by atoms with Gasteiger partial charge >= 0.3 is 0 Å². The van der Waals surface area contributed by atoms with E-state index in [1.807, 2.05) is 49.5 Å². The molecule has 0 fully saturated rings. The molecule has 4 aromatic rings. The van der Waals surface area contributed by atoms with Crippen LogP contribution in [0, 0.1) is 6.92 Å². The van der Waals surface area contributed by atoms with Crippen molar-refractivity contribution in [3.05, 3.63) is 78.4 Å². The number of fused-ring (bicyclic) bond motifs is 1. The second kappa shape index (κ2) is 8.10. The molecule has 0 saturated heterocycles. The van der Waals surface area contributed by atoms with E-state index in [2.05, 4.69) is 19.8 Å². The normalized spacial score (nSPS) is 11.8. The number of benzene rings is 2. The first kappa shape index (κ1) is 19.2. The first-order chi connectivity index (χ1) is 14.0. The zero-order chi connectivity index (χ0) is 20.3. The van der Waals surface area contributed by atoms with E-state index in [1.165, 1.54) is 11.9 Å². The van der Waals surface area contributed by atoms with E-state index < -0.39 is 10.0 Å².